The topological polar surface area (TPSA) is 74.2 Å². The van der Waals surface area contributed by atoms with E-state index in [1.165, 1.54) is 0 Å². The van der Waals surface area contributed by atoms with Crippen LogP contribution in [-0.2, 0) is 11.3 Å². The Balaban J connectivity index is 1.33. The number of nitrogens with zero attached hydrogens (tertiary/aromatic N) is 3. The summed E-state index contributed by atoms with van der Waals surface area (Å²) in [5.41, 5.74) is 1.78. The first-order valence-electron chi connectivity index (χ1n) is 8.68. The first-order chi connectivity index (χ1) is 12.2. The fraction of sp³-hybridized carbons (Fsp3) is 0.474. The van der Waals surface area contributed by atoms with Crippen LogP contribution in [0.25, 0.3) is 0 Å². The molecule has 0 bridgehead atoms. The van der Waals surface area contributed by atoms with Crippen LogP contribution in [-0.4, -0.2) is 47.3 Å². The van der Waals surface area contributed by atoms with E-state index in [0.29, 0.717) is 30.1 Å². The van der Waals surface area contributed by atoms with Crippen LogP contribution in [0.15, 0.2) is 30.5 Å². The third-order valence-electron chi connectivity index (χ3n) is 5.09. The lowest BCUT2D eigenvalue weighted by atomic mass is 9.94. The molecule has 130 valence electrons. The zero-order valence-electron chi connectivity index (χ0n) is 14.3. The normalized spacial score (nSPS) is 25.7. The first-order valence-corrected chi connectivity index (χ1v) is 8.68. The minimum atomic E-state index is 0.295. The van der Waals surface area contributed by atoms with Crippen LogP contribution in [0.5, 0.6) is 5.75 Å². The summed E-state index contributed by atoms with van der Waals surface area (Å²) in [6.45, 7) is 6.23. The highest BCUT2D eigenvalue weighted by Crippen LogP contribution is 2.34. The second-order valence-electron chi connectivity index (χ2n) is 6.93. The summed E-state index contributed by atoms with van der Waals surface area (Å²) in [6, 6.07) is 9.47. The van der Waals surface area contributed by atoms with Crippen LogP contribution in [0.2, 0.25) is 0 Å². The van der Waals surface area contributed by atoms with Gasteiger partial charge >= 0.3 is 0 Å². The van der Waals surface area contributed by atoms with Gasteiger partial charge in [-0.25, -0.2) is 4.98 Å². The summed E-state index contributed by atoms with van der Waals surface area (Å²) in [5.74, 6) is 2.61. The number of nitriles is 1. The molecule has 0 spiro atoms. The standard InChI is InChI=1S/C19H22N4O2/c1-13-21-7-16(22-13)8-23-9-18-15(12-25-19(18)10-23)11-24-17-4-2-3-14(5-17)6-20/h2-5,7,15,18-19H,8-12H2,1H3,(H,21,22)/t15-,18+,19+/m1/s1. The van der Waals surface area contributed by atoms with Crippen molar-refractivity contribution in [3.8, 4) is 11.8 Å². The van der Waals surface area contributed by atoms with Crippen molar-refractivity contribution in [1.29, 1.82) is 5.26 Å². The van der Waals surface area contributed by atoms with Gasteiger partial charge in [0.2, 0.25) is 0 Å². The molecule has 0 aliphatic carbocycles. The minimum absolute atomic E-state index is 0.295. The molecular formula is C19H22N4O2. The monoisotopic (exact) mass is 338 g/mol. The number of nitrogens with one attached hydrogen (secondary N) is 1. The molecule has 4 rings (SSSR count). The molecule has 2 aliphatic heterocycles. The first kappa shape index (κ1) is 16.1. The fourth-order valence-corrected chi connectivity index (χ4v) is 3.83. The summed E-state index contributed by atoms with van der Waals surface area (Å²) in [7, 11) is 0. The molecule has 3 atom stereocenters. The average Bonchev–Trinajstić information content (AvgIpc) is 3.30. The summed E-state index contributed by atoms with van der Waals surface area (Å²) < 4.78 is 11.9. The summed E-state index contributed by atoms with van der Waals surface area (Å²) >= 11 is 0. The van der Waals surface area contributed by atoms with Crippen molar-refractivity contribution in [2.45, 2.75) is 19.6 Å². The number of benzene rings is 1. The van der Waals surface area contributed by atoms with E-state index in [4.69, 9.17) is 14.7 Å². The molecule has 0 saturated carbocycles. The number of hydrogen-bond donors (Lipinski definition) is 1. The quantitative estimate of drug-likeness (QED) is 0.904. The van der Waals surface area contributed by atoms with Gasteiger partial charge in [0.05, 0.1) is 31.0 Å². The molecule has 0 amide bonds. The number of likely N-dealkylation sites (tertiary alicyclic amines) is 1. The third kappa shape index (κ3) is 3.53. The van der Waals surface area contributed by atoms with Crippen LogP contribution in [0.1, 0.15) is 17.1 Å². The molecule has 1 N–H and O–H groups in total. The average molecular weight is 338 g/mol. The van der Waals surface area contributed by atoms with Gasteiger partial charge in [-0.3, -0.25) is 4.90 Å². The van der Waals surface area contributed by atoms with Crippen LogP contribution >= 0.6 is 0 Å². The lowest BCUT2D eigenvalue weighted by molar-refractivity contribution is 0.0895. The molecule has 0 unspecified atom stereocenters. The lowest BCUT2D eigenvalue weighted by Crippen LogP contribution is -2.26. The number of ether oxygens (including phenoxy) is 2. The molecule has 1 aromatic carbocycles. The molecule has 0 radical (unpaired) electrons. The number of imidazole rings is 1. The lowest BCUT2D eigenvalue weighted by Gasteiger charge is -2.19. The largest absolute Gasteiger partial charge is 0.493 e. The maximum absolute atomic E-state index is 8.98. The molecule has 2 saturated heterocycles. The van der Waals surface area contributed by atoms with Gasteiger partial charge in [-0.15, -0.1) is 0 Å². The van der Waals surface area contributed by atoms with E-state index in [1.54, 1.807) is 12.1 Å². The second kappa shape index (κ2) is 6.87. The van der Waals surface area contributed by atoms with Gasteiger partial charge < -0.3 is 14.5 Å². The van der Waals surface area contributed by atoms with Crippen molar-refractivity contribution >= 4 is 0 Å². The van der Waals surface area contributed by atoms with Crippen LogP contribution in [0, 0.1) is 30.1 Å². The molecule has 6 nitrogen and oxygen atoms in total. The highest BCUT2D eigenvalue weighted by molar-refractivity contribution is 5.36. The number of aromatic nitrogens is 2. The Morgan fingerprint density at radius 2 is 2.36 bits per heavy atom. The van der Waals surface area contributed by atoms with Gasteiger partial charge in [-0.2, -0.15) is 5.26 Å². The summed E-state index contributed by atoms with van der Waals surface area (Å²) in [5, 5.41) is 8.98. The van der Waals surface area contributed by atoms with E-state index < -0.39 is 0 Å². The summed E-state index contributed by atoms with van der Waals surface area (Å²) in [4.78, 5) is 9.98. The number of aromatic amines is 1. The van der Waals surface area contributed by atoms with Crippen molar-refractivity contribution in [1.82, 2.24) is 14.9 Å². The van der Waals surface area contributed by atoms with Gasteiger partial charge in [0, 0.05) is 43.4 Å². The predicted molar refractivity (Wildman–Crippen MR) is 92.0 cm³/mol. The number of hydrogen-bond acceptors (Lipinski definition) is 5. The van der Waals surface area contributed by atoms with E-state index >= 15 is 0 Å². The Kier molecular flexibility index (Phi) is 4.43. The Hall–Kier alpha value is -2.36. The van der Waals surface area contributed by atoms with Crippen LogP contribution < -0.4 is 4.74 Å². The number of rotatable bonds is 5. The Morgan fingerprint density at radius 3 is 3.16 bits per heavy atom. The van der Waals surface area contributed by atoms with E-state index in [9.17, 15) is 0 Å². The highest BCUT2D eigenvalue weighted by Gasteiger charge is 2.44. The maximum atomic E-state index is 8.98. The SMILES string of the molecule is Cc1ncc(CN2C[C@H]3[C@H](COc4cccc(C#N)c4)CO[C@H]3C2)[nH]1. The zero-order valence-corrected chi connectivity index (χ0v) is 14.3. The van der Waals surface area contributed by atoms with Crippen molar-refractivity contribution < 1.29 is 9.47 Å². The van der Waals surface area contributed by atoms with E-state index in [1.807, 2.05) is 25.3 Å². The van der Waals surface area contributed by atoms with Gasteiger partial charge in [0.1, 0.15) is 11.6 Å². The minimum Gasteiger partial charge on any atom is -0.493 e. The molecular weight excluding hydrogens is 316 g/mol. The molecule has 2 aromatic rings. The Bertz CT molecular complexity index is 782. The number of fused-ring (bicyclic) bond motifs is 1. The van der Waals surface area contributed by atoms with Crippen LogP contribution in [0.3, 0.4) is 0 Å². The van der Waals surface area contributed by atoms with E-state index in [2.05, 4.69) is 20.9 Å². The van der Waals surface area contributed by atoms with Crippen molar-refractivity contribution in [3.63, 3.8) is 0 Å². The smallest absolute Gasteiger partial charge is 0.120 e. The predicted octanol–water partition coefficient (Wildman–Crippen LogP) is 2.12. The molecule has 6 heteroatoms. The fourth-order valence-electron chi connectivity index (χ4n) is 3.83. The van der Waals surface area contributed by atoms with E-state index in [0.717, 1.165) is 43.5 Å². The van der Waals surface area contributed by atoms with Crippen molar-refractivity contribution in [2.75, 3.05) is 26.3 Å². The maximum Gasteiger partial charge on any atom is 0.120 e. The number of aryl methyl sites for hydroxylation is 1. The highest BCUT2D eigenvalue weighted by atomic mass is 16.5. The molecule has 2 aliphatic rings. The van der Waals surface area contributed by atoms with Crippen molar-refractivity contribution in [3.05, 3.63) is 47.5 Å². The van der Waals surface area contributed by atoms with Gasteiger partial charge in [-0.1, -0.05) is 6.07 Å². The molecule has 2 fully saturated rings. The van der Waals surface area contributed by atoms with Gasteiger partial charge in [-0.05, 0) is 25.1 Å². The molecule has 25 heavy (non-hydrogen) atoms. The van der Waals surface area contributed by atoms with Crippen molar-refractivity contribution in [2.24, 2.45) is 11.8 Å². The summed E-state index contributed by atoms with van der Waals surface area (Å²) in [6.07, 6.45) is 2.20. The van der Waals surface area contributed by atoms with Crippen LogP contribution in [0.4, 0.5) is 0 Å². The Labute approximate surface area is 147 Å². The molecule has 3 heterocycles. The zero-order chi connectivity index (χ0) is 17.2. The van der Waals surface area contributed by atoms with E-state index in [-0.39, 0.29) is 0 Å². The third-order valence-corrected chi connectivity index (χ3v) is 5.09. The second-order valence-corrected chi connectivity index (χ2v) is 6.93. The Morgan fingerprint density at radius 1 is 1.44 bits per heavy atom. The van der Waals surface area contributed by atoms with Gasteiger partial charge in [0.15, 0.2) is 0 Å². The van der Waals surface area contributed by atoms with Gasteiger partial charge in [0.25, 0.3) is 0 Å². The molecule has 1 aromatic heterocycles. The number of H-pyrrole nitrogens is 1.